The van der Waals surface area contributed by atoms with Gasteiger partial charge in [0.25, 0.3) is 5.91 Å². The van der Waals surface area contributed by atoms with Gasteiger partial charge in [-0.1, -0.05) is 18.2 Å². The van der Waals surface area contributed by atoms with E-state index in [0.717, 1.165) is 16.6 Å². The van der Waals surface area contributed by atoms with Crippen molar-refractivity contribution in [1.82, 2.24) is 9.97 Å². The molecule has 0 bridgehead atoms. The van der Waals surface area contributed by atoms with Crippen molar-refractivity contribution in [2.75, 3.05) is 10.6 Å². The molecule has 142 valence electrons. The number of nitrogens with one attached hydrogen (secondary N) is 2. The van der Waals surface area contributed by atoms with E-state index in [0.29, 0.717) is 22.6 Å². The number of amides is 1. The van der Waals surface area contributed by atoms with E-state index in [2.05, 4.69) is 20.6 Å². The number of hydrogen-bond donors (Lipinski definition) is 2. The van der Waals surface area contributed by atoms with Crippen molar-refractivity contribution >= 4 is 39.8 Å². The first kappa shape index (κ1) is 18.3. The van der Waals surface area contributed by atoms with Crippen LogP contribution in [0.15, 0.2) is 79.1 Å². The number of para-hydroxylation sites is 1. The Kier molecular flexibility index (Phi) is 4.99. The van der Waals surface area contributed by atoms with Crippen molar-refractivity contribution in [1.29, 1.82) is 0 Å². The maximum Gasteiger partial charge on any atom is 0.255 e. The van der Waals surface area contributed by atoms with Gasteiger partial charge >= 0.3 is 0 Å². The average Bonchev–Trinajstić information content (AvgIpc) is 2.74. The van der Waals surface area contributed by atoms with E-state index in [1.165, 1.54) is 6.92 Å². The molecule has 4 aromatic rings. The fourth-order valence-corrected chi connectivity index (χ4v) is 2.97. The zero-order valence-corrected chi connectivity index (χ0v) is 15.7. The zero-order valence-electron chi connectivity index (χ0n) is 15.7. The van der Waals surface area contributed by atoms with Crippen molar-refractivity contribution in [3.8, 4) is 0 Å². The highest BCUT2D eigenvalue weighted by atomic mass is 16.1. The number of carbonyl (C=O) groups is 2. The summed E-state index contributed by atoms with van der Waals surface area (Å²) in [5, 5.41) is 7.08. The Bertz CT molecular complexity index is 1200. The molecule has 1 amide bonds. The fourth-order valence-electron chi connectivity index (χ4n) is 2.97. The van der Waals surface area contributed by atoms with Gasteiger partial charge in [0.1, 0.15) is 5.82 Å². The van der Waals surface area contributed by atoms with Crippen molar-refractivity contribution in [3.05, 3.63) is 90.3 Å². The first-order valence-electron chi connectivity index (χ1n) is 9.09. The molecule has 4 rings (SSSR count). The predicted octanol–water partition coefficient (Wildman–Crippen LogP) is 4.83. The number of carbonyl (C=O) groups excluding carboxylic acids is 2. The largest absolute Gasteiger partial charge is 0.338 e. The highest BCUT2D eigenvalue weighted by Gasteiger charge is 2.09. The van der Waals surface area contributed by atoms with Crippen LogP contribution in [0.3, 0.4) is 0 Å². The number of aromatic nitrogens is 2. The second kappa shape index (κ2) is 7.90. The van der Waals surface area contributed by atoms with Crippen LogP contribution < -0.4 is 10.6 Å². The van der Waals surface area contributed by atoms with Crippen LogP contribution in [0.1, 0.15) is 27.6 Å². The van der Waals surface area contributed by atoms with Gasteiger partial charge in [-0.15, -0.1) is 0 Å². The minimum absolute atomic E-state index is 0.0179. The lowest BCUT2D eigenvalue weighted by Gasteiger charge is -2.10. The SMILES string of the molecule is CC(=O)c1ccc(NC(=O)c2ccnc(Nc3cccc4cccnc34)c2)cc1. The van der Waals surface area contributed by atoms with Gasteiger partial charge in [0.15, 0.2) is 5.78 Å². The summed E-state index contributed by atoms with van der Waals surface area (Å²) < 4.78 is 0. The van der Waals surface area contributed by atoms with Crippen molar-refractivity contribution in [3.63, 3.8) is 0 Å². The predicted molar refractivity (Wildman–Crippen MR) is 114 cm³/mol. The average molecular weight is 382 g/mol. The number of hydrogen-bond acceptors (Lipinski definition) is 5. The topological polar surface area (TPSA) is 84.0 Å². The monoisotopic (exact) mass is 382 g/mol. The quantitative estimate of drug-likeness (QED) is 0.483. The van der Waals surface area contributed by atoms with Gasteiger partial charge in [-0.05, 0) is 55.5 Å². The second-order valence-corrected chi connectivity index (χ2v) is 6.52. The normalized spacial score (nSPS) is 10.5. The minimum Gasteiger partial charge on any atom is -0.338 e. The van der Waals surface area contributed by atoms with E-state index >= 15 is 0 Å². The van der Waals surface area contributed by atoms with E-state index < -0.39 is 0 Å². The van der Waals surface area contributed by atoms with Gasteiger partial charge in [-0.3, -0.25) is 14.6 Å². The Hall–Kier alpha value is -4.06. The Labute approximate surface area is 167 Å². The van der Waals surface area contributed by atoms with Crippen LogP contribution in [-0.4, -0.2) is 21.7 Å². The molecule has 0 aliphatic rings. The summed E-state index contributed by atoms with van der Waals surface area (Å²) in [6.07, 6.45) is 3.32. The van der Waals surface area contributed by atoms with Gasteiger partial charge in [0.05, 0.1) is 11.2 Å². The number of rotatable bonds is 5. The van der Waals surface area contributed by atoms with Gasteiger partial charge in [0.2, 0.25) is 0 Å². The Balaban J connectivity index is 1.53. The van der Waals surface area contributed by atoms with Crippen LogP contribution in [0.25, 0.3) is 10.9 Å². The third-order valence-corrected chi connectivity index (χ3v) is 4.47. The van der Waals surface area contributed by atoms with Crippen molar-refractivity contribution in [2.45, 2.75) is 6.92 Å². The lowest BCUT2D eigenvalue weighted by Crippen LogP contribution is -2.12. The molecule has 0 saturated carbocycles. The summed E-state index contributed by atoms with van der Waals surface area (Å²) in [5.41, 5.74) is 3.32. The number of Topliss-reactive ketones (excluding diaryl/α,β-unsaturated/α-hetero) is 1. The molecule has 2 aromatic heterocycles. The second-order valence-electron chi connectivity index (χ2n) is 6.52. The fraction of sp³-hybridized carbons (Fsp3) is 0.0435. The smallest absolute Gasteiger partial charge is 0.255 e. The van der Waals surface area contributed by atoms with Crippen LogP contribution >= 0.6 is 0 Å². The van der Waals surface area contributed by atoms with E-state index in [4.69, 9.17) is 0 Å². The van der Waals surface area contributed by atoms with E-state index in [1.54, 1.807) is 48.8 Å². The van der Waals surface area contributed by atoms with Crippen molar-refractivity contribution in [2.24, 2.45) is 0 Å². The highest BCUT2D eigenvalue weighted by Crippen LogP contribution is 2.24. The van der Waals surface area contributed by atoms with Crippen LogP contribution in [0, 0.1) is 0 Å². The van der Waals surface area contributed by atoms with E-state index in [1.807, 2.05) is 30.3 Å². The van der Waals surface area contributed by atoms with Crippen LogP contribution in [0.5, 0.6) is 0 Å². The maximum atomic E-state index is 12.6. The molecule has 0 atom stereocenters. The molecule has 0 aliphatic heterocycles. The molecule has 0 fully saturated rings. The number of nitrogens with zero attached hydrogens (tertiary/aromatic N) is 2. The first-order valence-corrected chi connectivity index (χ1v) is 9.09. The molecular weight excluding hydrogens is 364 g/mol. The molecule has 29 heavy (non-hydrogen) atoms. The Morgan fingerprint density at radius 1 is 0.828 bits per heavy atom. The first-order chi connectivity index (χ1) is 14.1. The Morgan fingerprint density at radius 2 is 1.62 bits per heavy atom. The standard InChI is InChI=1S/C23H18N4O2/c1-15(28)16-7-9-19(10-8-16)26-23(29)18-11-13-24-21(14-18)27-20-6-2-4-17-5-3-12-25-22(17)20/h2-14H,1H3,(H,24,27)(H,26,29). The molecule has 0 unspecified atom stereocenters. The lowest BCUT2D eigenvalue weighted by molar-refractivity contribution is 0.101. The minimum atomic E-state index is -0.262. The lowest BCUT2D eigenvalue weighted by atomic mass is 10.1. The summed E-state index contributed by atoms with van der Waals surface area (Å²) in [4.78, 5) is 32.7. The molecule has 2 aromatic carbocycles. The third-order valence-electron chi connectivity index (χ3n) is 4.47. The van der Waals surface area contributed by atoms with Crippen molar-refractivity contribution < 1.29 is 9.59 Å². The third kappa shape index (κ3) is 4.11. The van der Waals surface area contributed by atoms with Gasteiger partial charge in [-0.2, -0.15) is 0 Å². The Morgan fingerprint density at radius 3 is 2.41 bits per heavy atom. The number of benzene rings is 2. The summed E-state index contributed by atoms with van der Waals surface area (Å²) in [7, 11) is 0. The molecule has 2 N–H and O–H groups in total. The summed E-state index contributed by atoms with van der Waals surface area (Å²) in [6.45, 7) is 1.50. The van der Waals surface area contributed by atoms with Crippen LogP contribution in [-0.2, 0) is 0 Å². The van der Waals surface area contributed by atoms with Crippen LogP contribution in [0.4, 0.5) is 17.2 Å². The molecule has 0 radical (unpaired) electrons. The summed E-state index contributed by atoms with van der Waals surface area (Å²) >= 11 is 0. The molecule has 6 heteroatoms. The van der Waals surface area contributed by atoms with Gasteiger partial charge in [0, 0.05) is 34.6 Å². The highest BCUT2D eigenvalue weighted by molar-refractivity contribution is 6.05. The molecular formula is C23H18N4O2. The van der Waals surface area contributed by atoms with Gasteiger partial charge in [-0.25, -0.2) is 4.98 Å². The van der Waals surface area contributed by atoms with Crippen LogP contribution in [0.2, 0.25) is 0 Å². The number of anilines is 3. The molecule has 0 aliphatic carbocycles. The van der Waals surface area contributed by atoms with E-state index in [-0.39, 0.29) is 11.7 Å². The zero-order chi connectivity index (χ0) is 20.2. The summed E-state index contributed by atoms with van der Waals surface area (Å²) in [6, 6.07) is 19.8. The number of ketones is 1. The molecule has 0 saturated heterocycles. The summed E-state index contributed by atoms with van der Waals surface area (Å²) in [5.74, 6) is 0.264. The number of fused-ring (bicyclic) bond motifs is 1. The van der Waals surface area contributed by atoms with Gasteiger partial charge < -0.3 is 10.6 Å². The number of pyridine rings is 2. The molecule has 6 nitrogen and oxygen atoms in total. The molecule has 2 heterocycles. The maximum absolute atomic E-state index is 12.6. The van der Waals surface area contributed by atoms with E-state index in [9.17, 15) is 9.59 Å². The molecule has 0 spiro atoms.